The number of halogens is 1. The van der Waals surface area contributed by atoms with Crippen molar-refractivity contribution in [2.24, 2.45) is 0 Å². The average molecular weight is 228 g/mol. The lowest BCUT2D eigenvalue weighted by molar-refractivity contribution is 0.0697. The lowest BCUT2D eigenvalue weighted by Gasteiger charge is -1.98. The van der Waals surface area contributed by atoms with Crippen molar-refractivity contribution in [2.75, 3.05) is 5.73 Å². The van der Waals surface area contributed by atoms with Crippen molar-refractivity contribution < 1.29 is 9.90 Å². The largest absolute Gasteiger partial charge is 0.478 e. The van der Waals surface area contributed by atoms with Crippen molar-refractivity contribution in [1.29, 1.82) is 0 Å². The van der Waals surface area contributed by atoms with E-state index in [0.717, 1.165) is 10.1 Å². The number of rotatable bonds is 1. The zero-order chi connectivity index (χ0) is 10.3. The van der Waals surface area contributed by atoms with E-state index >= 15 is 0 Å². The number of nitrogen functional groups attached to an aromatic ring is 1. The van der Waals surface area contributed by atoms with E-state index in [1.807, 2.05) is 0 Å². The van der Waals surface area contributed by atoms with Gasteiger partial charge in [0.1, 0.15) is 0 Å². The lowest BCUT2D eigenvalue weighted by atomic mass is 10.1. The van der Waals surface area contributed by atoms with Crippen LogP contribution in [0.4, 0.5) is 5.69 Å². The third-order valence-electron chi connectivity index (χ3n) is 1.89. The first-order valence-corrected chi connectivity index (χ1v) is 4.99. The summed E-state index contributed by atoms with van der Waals surface area (Å²) < 4.78 is 1.40. The van der Waals surface area contributed by atoms with E-state index in [1.54, 1.807) is 12.1 Å². The minimum Gasteiger partial charge on any atom is -0.478 e. The third-order valence-corrected chi connectivity index (χ3v) is 3.10. The standard InChI is InChI=1S/C9H6ClNO2S/c10-8-3-5-6(11)1-4(9(12)13)2-7(5)14-8/h1-3H,11H2,(H,12,13). The first kappa shape index (κ1) is 9.30. The van der Waals surface area contributed by atoms with Crippen molar-refractivity contribution in [3.8, 4) is 0 Å². The molecule has 0 aliphatic heterocycles. The number of hydrogen-bond donors (Lipinski definition) is 2. The number of hydrogen-bond acceptors (Lipinski definition) is 3. The van der Waals surface area contributed by atoms with Crippen LogP contribution in [-0.4, -0.2) is 11.1 Å². The summed E-state index contributed by atoms with van der Waals surface area (Å²) in [5, 5.41) is 9.60. The second-order valence-corrected chi connectivity index (χ2v) is 4.55. The third kappa shape index (κ3) is 1.42. The van der Waals surface area contributed by atoms with E-state index in [0.29, 0.717) is 10.0 Å². The number of carboxylic acid groups (broad SMARTS) is 1. The molecule has 0 aliphatic carbocycles. The van der Waals surface area contributed by atoms with Gasteiger partial charge in [0.05, 0.1) is 9.90 Å². The molecule has 1 aromatic heterocycles. The summed E-state index contributed by atoms with van der Waals surface area (Å²) >= 11 is 7.12. The van der Waals surface area contributed by atoms with Crippen LogP contribution < -0.4 is 5.73 Å². The fourth-order valence-corrected chi connectivity index (χ4v) is 2.48. The van der Waals surface area contributed by atoms with Gasteiger partial charge in [-0.3, -0.25) is 0 Å². The Labute approximate surface area is 88.7 Å². The van der Waals surface area contributed by atoms with Crippen LogP contribution in [0.15, 0.2) is 18.2 Å². The fourth-order valence-electron chi connectivity index (χ4n) is 1.26. The maximum absolute atomic E-state index is 10.7. The highest BCUT2D eigenvalue weighted by Crippen LogP contribution is 2.33. The molecule has 0 saturated heterocycles. The van der Waals surface area contributed by atoms with Crippen LogP contribution in [0.5, 0.6) is 0 Å². The Morgan fingerprint density at radius 2 is 2.14 bits per heavy atom. The SMILES string of the molecule is Nc1cc(C(=O)O)cc2sc(Cl)cc12. The van der Waals surface area contributed by atoms with Gasteiger partial charge in [-0.15, -0.1) is 11.3 Å². The van der Waals surface area contributed by atoms with E-state index in [-0.39, 0.29) is 5.56 Å². The molecule has 1 aromatic carbocycles. The molecule has 0 radical (unpaired) electrons. The van der Waals surface area contributed by atoms with Gasteiger partial charge in [0.15, 0.2) is 0 Å². The Morgan fingerprint density at radius 3 is 2.79 bits per heavy atom. The minimum atomic E-state index is -0.983. The summed E-state index contributed by atoms with van der Waals surface area (Å²) in [7, 11) is 0. The van der Waals surface area contributed by atoms with E-state index in [4.69, 9.17) is 22.4 Å². The molecule has 0 amide bonds. The second-order valence-electron chi connectivity index (χ2n) is 2.83. The summed E-state index contributed by atoms with van der Waals surface area (Å²) in [5.41, 5.74) is 6.33. The molecule has 0 atom stereocenters. The van der Waals surface area contributed by atoms with E-state index < -0.39 is 5.97 Å². The van der Waals surface area contributed by atoms with Crippen molar-refractivity contribution in [1.82, 2.24) is 0 Å². The molecule has 0 aliphatic rings. The van der Waals surface area contributed by atoms with Gasteiger partial charge in [0, 0.05) is 15.8 Å². The van der Waals surface area contributed by atoms with E-state index in [2.05, 4.69) is 0 Å². The van der Waals surface area contributed by atoms with Gasteiger partial charge in [0.25, 0.3) is 0 Å². The lowest BCUT2D eigenvalue weighted by Crippen LogP contribution is -1.97. The Balaban J connectivity index is 2.77. The maximum atomic E-state index is 10.7. The Morgan fingerprint density at radius 1 is 1.43 bits per heavy atom. The number of carboxylic acids is 1. The topological polar surface area (TPSA) is 63.3 Å². The van der Waals surface area contributed by atoms with Gasteiger partial charge in [-0.2, -0.15) is 0 Å². The number of carbonyl (C=O) groups is 1. The molecule has 3 nitrogen and oxygen atoms in total. The first-order chi connectivity index (χ1) is 6.58. The molecule has 3 N–H and O–H groups in total. The summed E-state index contributed by atoms with van der Waals surface area (Å²) in [5.74, 6) is -0.983. The number of nitrogens with two attached hydrogens (primary N) is 1. The van der Waals surface area contributed by atoms with Gasteiger partial charge in [-0.05, 0) is 18.2 Å². The van der Waals surface area contributed by atoms with Crippen molar-refractivity contribution in [2.45, 2.75) is 0 Å². The van der Waals surface area contributed by atoms with Crippen LogP contribution in [0.25, 0.3) is 10.1 Å². The fraction of sp³-hybridized carbons (Fsp3) is 0. The summed E-state index contributed by atoms with van der Waals surface area (Å²) in [6.07, 6.45) is 0. The highest BCUT2D eigenvalue weighted by Gasteiger charge is 2.09. The van der Waals surface area contributed by atoms with Crippen molar-refractivity contribution in [3.63, 3.8) is 0 Å². The monoisotopic (exact) mass is 227 g/mol. The van der Waals surface area contributed by atoms with Gasteiger partial charge in [0.2, 0.25) is 0 Å². The predicted octanol–water partition coefficient (Wildman–Crippen LogP) is 2.84. The molecular formula is C9H6ClNO2S. The molecule has 0 saturated carbocycles. The molecule has 0 spiro atoms. The molecule has 0 fully saturated rings. The quantitative estimate of drug-likeness (QED) is 0.737. The molecular weight excluding hydrogens is 222 g/mol. The summed E-state index contributed by atoms with van der Waals surface area (Å²) in [6.45, 7) is 0. The van der Waals surface area contributed by atoms with E-state index in [1.165, 1.54) is 17.4 Å². The second kappa shape index (κ2) is 3.15. The average Bonchev–Trinajstić information content (AvgIpc) is 2.45. The zero-order valence-electron chi connectivity index (χ0n) is 6.95. The number of anilines is 1. The van der Waals surface area contributed by atoms with Crippen molar-refractivity contribution in [3.05, 3.63) is 28.1 Å². The Hall–Kier alpha value is -1.26. The molecule has 2 aromatic rings. The first-order valence-electron chi connectivity index (χ1n) is 3.80. The molecule has 0 unspecified atom stereocenters. The van der Waals surface area contributed by atoms with Gasteiger partial charge < -0.3 is 10.8 Å². The number of aromatic carboxylic acids is 1. The smallest absolute Gasteiger partial charge is 0.335 e. The number of thiophene rings is 1. The number of benzene rings is 1. The normalized spacial score (nSPS) is 10.6. The number of fused-ring (bicyclic) bond motifs is 1. The van der Waals surface area contributed by atoms with Crippen LogP contribution in [0, 0.1) is 0 Å². The Kier molecular flexibility index (Phi) is 2.09. The maximum Gasteiger partial charge on any atom is 0.335 e. The van der Waals surface area contributed by atoms with Crippen LogP contribution in [-0.2, 0) is 0 Å². The van der Waals surface area contributed by atoms with Gasteiger partial charge >= 0.3 is 5.97 Å². The molecule has 72 valence electrons. The molecule has 0 bridgehead atoms. The zero-order valence-corrected chi connectivity index (χ0v) is 8.52. The Bertz CT molecular complexity index is 521. The highest BCUT2D eigenvalue weighted by molar-refractivity contribution is 7.22. The van der Waals surface area contributed by atoms with E-state index in [9.17, 15) is 4.79 Å². The molecule has 2 rings (SSSR count). The summed E-state index contributed by atoms with van der Waals surface area (Å²) in [6, 6.07) is 4.75. The highest BCUT2D eigenvalue weighted by atomic mass is 35.5. The van der Waals surface area contributed by atoms with Crippen LogP contribution in [0.1, 0.15) is 10.4 Å². The van der Waals surface area contributed by atoms with Crippen molar-refractivity contribution >= 4 is 44.7 Å². The molecule has 14 heavy (non-hydrogen) atoms. The van der Waals surface area contributed by atoms with Gasteiger partial charge in [-0.1, -0.05) is 11.6 Å². The molecule has 5 heteroatoms. The van der Waals surface area contributed by atoms with Crippen LogP contribution in [0.3, 0.4) is 0 Å². The van der Waals surface area contributed by atoms with Gasteiger partial charge in [-0.25, -0.2) is 4.79 Å². The summed E-state index contributed by atoms with van der Waals surface area (Å²) in [4.78, 5) is 10.7. The van der Waals surface area contributed by atoms with Crippen LogP contribution >= 0.6 is 22.9 Å². The predicted molar refractivity (Wildman–Crippen MR) is 58.2 cm³/mol. The molecule has 1 heterocycles. The minimum absolute atomic E-state index is 0.188. The van der Waals surface area contributed by atoms with Crippen LogP contribution in [0.2, 0.25) is 4.34 Å².